The van der Waals surface area contributed by atoms with E-state index in [1.54, 1.807) is 16.9 Å². The Morgan fingerprint density at radius 3 is 2.57 bits per heavy atom. The van der Waals surface area contributed by atoms with Gasteiger partial charge >= 0.3 is 5.97 Å². The van der Waals surface area contributed by atoms with Crippen molar-refractivity contribution in [1.82, 2.24) is 16.0 Å². The molecular weight excluding hydrogens is 490 g/mol. The van der Waals surface area contributed by atoms with Crippen molar-refractivity contribution in [1.29, 1.82) is 0 Å². The molecule has 2 rings (SSSR count). The van der Waals surface area contributed by atoms with Gasteiger partial charge in [0, 0.05) is 11.5 Å². The predicted molar refractivity (Wildman–Crippen MR) is 139 cm³/mol. The van der Waals surface area contributed by atoms with Gasteiger partial charge < -0.3 is 25.8 Å². The normalized spacial score (nSPS) is 31.5. The fourth-order valence-corrected chi connectivity index (χ4v) is 6.06. The van der Waals surface area contributed by atoms with Crippen LogP contribution in [0.5, 0.6) is 0 Å². The number of amides is 3. The molecule has 198 valence electrons. The van der Waals surface area contributed by atoms with Crippen LogP contribution in [0.25, 0.3) is 0 Å². The van der Waals surface area contributed by atoms with Crippen molar-refractivity contribution in [2.45, 2.75) is 96.1 Å². The lowest BCUT2D eigenvalue weighted by Gasteiger charge is -2.31. The molecule has 35 heavy (non-hydrogen) atoms. The van der Waals surface area contributed by atoms with E-state index in [2.05, 4.69) is 16.0 Å². The number of carbonyl (C=O) groups is 4. The Balaban J connectivity index is 2.46. The Labute approximate surface area is 215 Å². The fourth-order valence-electron chi connectivity index (χ4n) is 3.91. The summed E-state index contributed by atoms with van der Waals surface area (Å²) in [5, 5.41) is 19.3. The summed E-state index contributed by atoms with van der Waals surface area (Å²) in [5.74, 6) is -0.959. The van der Waals surface area contributed by atoms with Crippen molar-refractivity contribution >= 4 is 45.3 Å². The quantitative estimate of drug-likeness (QED) is 0.242. The summed E-state index contributed by atoms with van der Waals surface area (Å²) in [6.07, 6.45) is 4.47. The number of rotatable bonds is 5. The molecule has 2 heterocycles. The van der Waals surface area contributed by atoms with Crippen molar-refractivity contribution in [3.63, 3.8) is 0 Å². The number of hydrogen-bond acceptors (Lipinski definition) is 8. The zero-order valence-electron chi connectivity index (χ0n) is 20.8. The summed E-state index contributed by atoms with van der Waals surface area (Å²) in [6, 6.07) is -2.35. The van der Waals surface area contributed by atoms with E-state index in [0.29, 0.717) is 25.0 Å². The van der Waals surface area contributed by atoms with Gasteiger partial charge in [-0.2, -0.15) is 0 Å². The van der Waals surface area contributed by atoms with Crippen molar-refractivity contribution in [2.75, 3.05) is 11.5 Å². The molecule has 6 atom stereocenters. The van der Waals surface area contributed by atoms with E-state index in [9.17, 15) is 24.3 Å². The molecule has 1 saturated heterocycles. The van der Waals surface area contributed by atoms with E-state index in [1.807, 2.05) is 26.8 Å². The summed E-state index contributed by atoms with van der Waals surface area (Å²) in [7, 11) is 3.06. The molecule has 0 aromatic rings. The number of aliphatic hydroxyl groups is 1. The number of nitrogens with one attached hydrogen (secondary N) is 3. The van der Waals surface area contributed by atoms with Crippen LogP contribution in [0.2, 0.25) is 0 Å². The molecule has 0 unspecified atom stereocenters. The van der Waals surface area contributed by atoms with Gasteiger partial charge in [0.25, 0.3) is 0 Å². The number of fused-ring (bicyclic) bond motifs is 7. The number of ether oxygens (including phenoxy) is 1. The minimum atomic E-state index is -1.17. The second-order valence-corrected chi connectivity index (χ2v) is 11.7. The highest BCUT2D eigenvalue weighted by molar-refractivity contribution is 8.76. The maximum absolute atomic E-state index is 13.3. The summed E-state index contributed by atoms with van der Waals surface area (Å²) in [4.78, 5) is 51.9. The first-order valence-corrected chi connectivity index (χ1v) is 14.9. The number of aliphatic hydroxyl groups excluding tert-OH is 1. The Kier molecular flexibility index (Phi) is 13.0. The van der Waals surface area contributed by atoms with Crippen LogP contribution >= 0.6 is 21.6 Å². The molecule has 2 bridgehead atoms. The minimum Gasteiger partial charge on any atom is -0.457 e. The molecule has 0 aromatic carbocycles. The summed E-state index contributed by atoms with van der Waals surface area (Å²) < 4.78 is 5.54. The zero-order chi connectivity index (χ0) is 25.8. The van der Waals surface area contributed by atoms with Gasteiger partial charge in [-0.25, -0.2) is 0 Å². The van der Waals surface area contributed by atoms with Crippen molar-refractivity contribution in [3.8, 4) is 0 Å². The first-order valence-electron chi connectivity index (χ1n) is 12.4. The monoisotopic (exact) mass is 529 g/mol. The van der Waals surface area contributed by atoms with Gasteiger partial charge in [-0.3, -0.25) is 19.2 Å². The van der Waals surface area contributed by atoms with E-state index in [4.69, 9.17) is 4.74 Å². The highest BCUT2D eigenvalue weighted by Crippen LogP contribution is 2.24. The summed E-state index contributed by atoms with van der Waals surface area (Å²) in [6.45, 7) is 5.82. The average molecular weight is 530 g/mol. The standard InChI is InChI=1S/C24H39N3O6S2/c1-4-6-10-17-23(31)26-18-14-35-34-11-8-7-9-16(12-20(29)25-17)33-21(30)13-19(28)22(15(3)5-2)27-24(18)32/h7,9,15-19,22,28H,4-6,8,10-14H2,1-3H3,(H,25,29)(H,26,31)(H,27,32)/b9-7+/t15-,16+,17+,18+,19-,22-/m0/s1. The molecule has 4 N–H and O–H groups in total. The molecule has 0 saturated carbocycles. The largest absolute Gasteiger partial charge is 0.457 e. The summed E-state index contributed by atoms with van der Waals surface area (Å²) in [5.41, 5.74) is 0. The van der Waals surface area contributed by atoms with Crippen LogP contribution in [0, 0.1) is 5.92 Å². The Morgan fingerprint density at radius 1 is 1.09 bits per heavy atom. The van der Waals surface area contributed by atoms with E-state index >= 15 is 0 Å². The van der Waals surface area contributed by atoms with Crippen LogP contribution in [-0.2, 0) is 23.9 Å². The van der Waals surface area contributed by atoms with Crippen LogP contribution in [0.4, 0.5) is 0 Å². The van der Waals surface area contributed by atoms with Crippen molar-refractivity contribution in [3.05, 3.63) is 12.2 Å². The lowest BCUT2D eigenvalue weighted by molar-refractivity contribution is -0.151. The molecule has 9 nitrogen and oxygen atoms in total. The molecule has 2 aliphatic heterocycles. The van der Waals surface area contributed by atoms with Crippen LogP contribution in [-0.4, -0.2) is 70.6 Å². The van der Waals surface area contributed by atoms with Crippen molar-refractivity contribution in [2.24, 2.45) is 5.92 Å². The smallest absolute Gasteiger partial charge is 0.309 e. The van der Waals surface area contributed by atoms with Gasteiger partial charge in [0.15, 0.2) is 0 Å². The average Bonchev–Trinajstić information content (AvgIpc) is 2.81. The van der Waals surface area contributed by atoms with Crippen LogP contribution in [0.1, 0.15) is 65.7 Å². The van der Waals surface area contributed by atoms with E-state index in [-0.39, 0.29) is 18.8 Å². The molecule has 0 aliphatic carbocycles. The Bertz CT molecular complexity index is 766. The summed E-state index contributed by atoms with van der Waals surface area (Å²) >= 11 is 0. The third-order valence-corrected chi connectivity index (χ3v) is 8.64. The van der Waals surface area contributed by atoms with Gasteiger partial charge in [-0.15, -0.1) is 0 Å². The van der Waals surface area contributed by atoms with Crippen LogP contribution in [0.15, 0.2) is 12.2 Å². The number of esters is 1. The van der Waals surface area contributed by atoms with Gasteiger partial charge in [0.2, 0.25) is 17.7 Å². The number of hydrogen-bond donors (Lipinski definition) is 4. The second kappa shape index (κ2) is 15.4. The maximum Gasteiger partial charge on any atom is 0.309 e. The van der Waals surface area contributed by atoms with Gasteiger partial charge in [0.05, 0.1) is 25.0 Å². The third-order valence-electron chi connectivity index (χ3n) is 6.19. The molecular formula is C24H39N3O6S2. The minimum absolute atomic E-state index is 0.120. The fraction of sp³-hybridized carbons (Fsp3) is 0.750. The van der Waals surface area contributed by atoms with Gasteiger partial charge in [-0.05, 0) is 24.8 Å². The highest BCUT2D eigenvalue weighted by atomic mass is 33.1. The third kappa shape index (κ3) is 10.0. The molecule has 0 aromatic heterocycles. The number of unbranched alkanes of at least 4 members (excludes halogenated alkanes) is 1. The zero-order valence-corrected chi connectivity index (χ0v) is 22.4. The van der Waals surface area contributed by atoms with Crippen molar-refractivity contribution < 1.29 is 29.0 Å². The number of carbonyl (C=O) groups excluding carboxylic acids is 4. The maximum atomic E-state index is 13.3. The molecule has 0 spiro atoms. The second-order valence-electron chi connectivity index (χ2n) is 9.07. The van der Waals surface area contributed by atoms with Crippen LogP contribution < -0.4 is 16.0 Å². The molecule has 2 aliphatic rings. The highest BCUT2D eigenvalue weighted by Gasteiger charge is 2.34. The SMILES string of the molecule is CCCC[C@H]1NC(=O)C[C@H]2/C=C/CCSSC[C@@H](NC1=O)C(=O)N[C@@H]([C@@H](C)CC)[C@@H](O)CC(=O)O2. The van der Waals surface area contributed by atoms with Crippen LogP contribution in [0.3, 0.4) is 0 Å². The van der Waals surface area contributed by atoms with E-state index in [1.165, 1.54) is 10.8 Å². The first-order chi connectivity index (χ1) is 16.7. The van der Waals surface area contributed by atoms with Gasteiger partial charge in [-0.1, -0.05) is 67.7 Å². The Morgan fingerprint density at radius 2 is 1.86 bits per heavy atom. The molecule has 1 fully saturated rings. The predicted octanol–water partition coefficient (Wildman–Crippen LogP) is 2.08. The molecule has 3 amide bonds. The lowest BCUT2D eigenvalue weighted by Crippen LogP contribution is -2.58. The molecule has 0 radical (unpaired) electrons. The first kappa shape index (κ1) is 29.5. The lowest BCUT2D eigenvalue weighted by atomic mass is 9.92. The molecule has 11 heteroatoms. The Hall–Kier alpha value is -1.72. The topological polar surface area (TPSA) is 134 Å². The van der Waals surface area contributed by atoms with Gasteiger partial charge in [0.1, 0.15) is 18.2 Å². The van der Waals surface area contributed by atoms with E-state index in [0.717, 1.165) is 18.6 Å². The van der Waals surface area contributed by atoms with E-state index < -0.39 is 54.0 Å². The number of allylic oxidation sites excluding steroid dienone is 1.